The van der Waals surface area contributed by atoms with Gasteiger partial charge in [-0.3, -0.25) is 4.99 Å². The molecule has 0 aliphatic rings. The van der Waals surface area contributed by atoms with Crippen molar-refractivity contribution in [2.24, 2.45) is 10.3 Å². The number of nitrogens with one attached hydrogen (secondary N) is 1. The van der Waals surface area contributed by atoms with Crippen molar-refractivity contribution in [2.75, 3.05) is 13.6 Å². The summed E-state index contributed by atoms with van der Waals surface area (Å²) in [6.45, 7) is 3.23. The molecule has 0 aliphatic heterocycles. The van der Waals surface area contributed by atoms with Crippen LogP contribution in [0.2, 0.25) is 5.15 Å². The highest BCUT2D eigenvalue weighted by atomic mass is 35.5. The third-order valence-electron chi connectivity index (χ3n) is 2.20. The molecular weight excluding hydrogens is 242 g/mol. The highest BCUT2D eigenvalue weighted by Gasteiger charge is 2.09. The van der Waals surface area contributed by atoms with Crippen LogP contribution >= 0.6 is 11.6 Å². The summed E-state index contributed by atoms with van der Waals surface area (Å²) in [7, 11) is 1.59. The van der Waals surface area contributed by atoms with Gasteiger partial charge in [0.05, 0.1) is 5.29 Å². The fourth-order valence-electron chi connectivity index (χ4n) is 1.36. The lowest BCUT2D eigenvalue weighted by molar-refractivity contribution is 0.417. The van der Waals surface area contributed by atoms with Crippen LogP contribution in [0, 0.1) is 4.91 Å². The number of guanidine groups is 1. The van der Waals surface area contributed by atoms with Gasteiger partial charge in [0, 0.05) is 26.3 Å². The molecule has 0 saturated carbocycles. The van der Waals surface area contributed by atoms with Crippen molar-refractivity contribution in [3.63, 3.8) is 0 Å². The minimum Gasteiger partial charge on any atom is -0.337 e. The first-order chi connectivity index (χ1) is 8.21. The number of nitrogens with zero attached hydrogens (tertiary/aromatic N) is 4. The van der Waals surface area contributed by atoms with Crippen molar-refractivity contribution in [1.29, 1.82) is 0 Å². The smallest absolute Gasteiger partial charge is 0.217 e. The van der Waals surface area contributed by atoms with E-state index < -0.39 is 0 Å². The van der Waals surface area contributed by atoms with Gasteiger partial charge in [0.15, 0.2) is 0 Å². The quantitative estimate of drug-likeness (QED) is 0.293. The number of aliphatic imine (C=N–C) groups is 1. The van der Waals surface area contributed by atoms with E-state index in [1.54, 1.807) is 19.3 Å². The molecule has 7 heteroatoms. The SMILES string of the molecule is CCN(Cc1ccc(Cl)nc1)C(=NC)NN=O. The summed E-state index contributed by atoms with van der Waals surface area (Å²) < 4.78 is 0. The first-order valence-corrected chi connectivity index (χ1v) is 5.49. The van der Waals surface area contributed by atoms with E-state index in [0.717, 1.165) is 5.56 Å². The highest BCUT2D eigenvalue weighted by molar-refractivity contribution is 6.29. The minimum absolute atomic E-state index is 0.428. The minimum atomic E-state index is 0.428. The van der Waals surface area contributed by atoms with Crippen molar-refractivity contribution in [2.45, 2.75) is 13.5 Å². The maximum absolute atomic E-state index is 10.2. The number of halogens is 1. The van der Waals surface area contributed by atoms with Gasteiger partial charge in [-0.25, -0.2) is 10.4 Å². The predicted octanol–water partition coefficient (Wildman–Crippen LogP) is 1.81. The molecule has 1 aromatic heterocycles. The van der Waals surface area contributed by atoms with Crippen LogP contribution in [-0.4, -0.2) is 29.4 Å². The highest BCUT2D eigenvalue weighted by Crippen LogP contribution is 2.08. The molecule has 0 unspecified atom stereocenters. The molecule has 0 atom stereocenters. The van der Waals surface area contributed by atoms with E-state index in [-0.39, 0.29) is 0 Å². The number of pyridine rings is 1. The lowest BCUT2D eigenvalue weighted by Gasteiger charge is -2.22. The molecule has 1 aromatic rings. The third kappa shape index (κ3) is 3.99. The molecule has 0 fully saturated rings. The first-order valence-electron chi connectivity index (χ1n) is 5.11. The van der Waals surface area contributed by atoms with Crippen molar-refractivity contribution in [3.05, 3.63) is 34.0 Å². The molecule has 6 nitrogen and oxygen atoms in total. The monoisotopic (exact) mass is 255 g/mol. The molecule has 1 N–H and O–H groups in total. The van der Waals surface area contributed by atoms with E-state index in [4.69, 9.17) is 11.6 Å². The number of hydrogen-bond donors (Lipinski definition) is 1. The molecule has 0 amide bonds. The summed E-state index contributed by atoms with van der Waals surface area (Å²) in [5.41, 5.74) is 3.29. The zero-order valence-corrected chi connectivity index (χ0v) is 10.5. The van der Waals surface area contributed by atoms with Gasteiger partial charge in [0.1, 0.15) is 5.15 Å². The van der Waals surface area contributed by atoms with Crippen LogP contribution in [0.4, 0.5) is 0 Å². The van der Waals surface area contributed by atoms with Crippen molar-refractivity contribution in [3.8, 4) is 0 Å². The fraction of sp³-hybridized carbons (Fsp3) is 0.400. The van der Waals surface area contributed by atoms with Gasteiger partial charge in [-0.1, -0.05) is 17.7 Å². The molecule has 0 radical (unpaired) electrons. The maximum Gasteiger partial charge on any atom is 0.217 e. The Morgan fingerprint density at radius 3 is 2.82 bits per heavy atom. The molecule has 92 valence electrons. The zero-order chi connectivity index (χ0) is 12.7. The molecule has 0 aliphatic carbocycles. The van der Waals surface area contributed by atoms with E-state index >= 15 is 0 Å². The van der Waals surface area contributed by atoms with Crippen LogP contribution in [0.5, 0.6) is 0 Å². The molecule has 0 spiro atoms. The topological polar surface area (TPSA) is 70.0 Å². The Morgan fingerprint density at radius 1 is 1.59 bits per heavy atom. The Hall–Kier alpha value is -1.69. The molecule has 1 heterocycles. The second-order valence-electron chi connectivity index (χ2n) is 3.25. The van der Waals surface area contributed by atoms with Crippen LogP contribution in [0.25, 0.3) is 0 Å². The standard InChI is InChI=1S/C10H14ClN5O/c1-3-16(10(12-2)14-15-17)7-8-4-5-9(11)13-6-8/h4-6H,3,7H2,1-2H3,(H,12,14,17). The fourth-order valence-corrected chi connectivity index (χ4v) is 1.47. The van der Waals surface area contributed by atoms with Crippen LogP contribution in [0.1, 0.15) is 12.5 Å². The van der Waals surface area contributed by atoms with Crippen LogP contribution in [0.3, 0.4) is 0 Å². The van der Waals surface area contributed by atoms with E-state index in [1.807, 2.05) is 17.9 Å². The number of aromatic nitrogens is 1. The second-order valence-corrected chi connectivity index (χ2v) is 3.64. The van der Waals surface area contributed by atoms with Crippen LogP contribution in [0.15, 0.2) is 28.6 Å². The van der Waals surface area contributed by atoms with Gasteiger partial charge >= 0.3 is 0 Å². The van der Waals surface area contributed by atoms with Gasteiger partial charge in [0.25, 0.3) is 0 Å². The number of nitroso groups, excluding NO2 is 1. The lowest BCUT2D eigenvalue weighted by atomic mass is 10.2. The molecule has 17 heavy (non-hydrogen) atoms. The lowest BCUT2D eigenvalue weighted by Crippen LogP contribution is -2.38. The Bertz CT molecular complexity index is 392. The summed E-state index contributed by atoms with van der Waals surface area (Å²) in [4.78, 5) is 20.0. The Morgan fingerprint density at radius 2 is 2.35 bits per heavy atom. The van der Waals surface area contributed by atoms with Gasteiger partial charge in [0.2, 0.25) is 5.96 Å². The number of rotatable bonds is 4. The Labute approximate surface area is 105 Å². The molecule has 0 aromatic carbocycles. The summed E-state index contributed by atoms with van der Waals surface area (Å²) in [6.07, 6.45) is 1.69. The van der Waals surface area contributed by atoms with E-state index in [0.29, 0.717) is 24.2 Å². The average Bonchev–Trinajstić information content (AvgIpc) is 2.36. The van der Waals surface area contributed by atoms with Gasteiger partial charge in [-0.15, -0.1) is 4.91 Å². The normalized spacial score (nSPS) is 11.1. The summed E-state index contributed by atoms with van der Waals surface area (Å²) >= 11 is 5.70. The number of hydrogen-bond acceptors (Lipinski definition) is 4. The predicted molar refractivity (Wildman–Crippen MR) is 67.6 cm³/mol. The molecule has 0 bridgehead atoms. The summed E-state index contributed by atoms with van der Waals surface area (Å²) in [5, 5.41) is 3.07. The van der Waals surface area contributed by atoms with Gasteiger partial charge < -0.3 is 4.90 Å². The van der Waals surface area contributed by atoms with E-state index in [2.05, 4.69) is 20.7 Å². The second kappa shape index (κ2) is 6.80. The Balaban J connectivity index is 2.75. The largest absolute Gasteiger partial charge is 0.337 e. The maximum atomic E-state index is 10.2. The van der Waals surface area contributed by atoms with Crippen LogP contribution < -0.4 is 5.43 Å². The summed E-state index contributed by atoms with van der Waals surface area (Å²) in [6, 6.07) is 3.60. The van der Waals surface area contributed by atoms with Crippen molar-refractivity contribution in [1.82, 2.24) is 15.3 Å². The Kier molecular flexibility index (Phi) is 5.35. The zero-order valence-electron chi connectivity index (χ0n) is 9.72. The molecular formula is C10H14ClN5O. The van der Waals surface area contributed by atoms with E-state index in [1.165, 1.54) is 0 Å². The van der Waals surface area contributed by atoms with Crippen molar-refractivity contribution >= 4 is 17.6 Å². The van der Waals surface area contributed by atoms with Gasteiger partial charge in [-0.05, 0) is 18.6 Å². The van der Waals surface area contributed by atoms with Gasteiger partial charge in [-0.2, -0.15) is 0 Å². The average molecular weight is 256 g/mol. The van der Waals surface area contributed by atoms with Crippen LogP contribution in [-0.2, 0) is 6.54 Å². The summed E-state index contributed by atoms with van der Waals surface area (Å²) in [5.74, 6) is 0.428. The van der Waals surface area contributed by atoms with E-state index in [9.17, 15) is 4.91 Å². The molecule has 0 saturated heterocycles. The van der Waals surface area contributed by atoms with Crippen molar-refractivity contribution < 1.29 is 0 Å². The third-order valence-corrected chi connectivity index (χ3v) is 2.42. The first kappa shape index (κ1) is 13.4. The molecule has 1 rings (SSSR count).